The van der Waals surface area contributed by atoms with Crippen LogP contribution in [0.15, 0.2) is 82.8 Å². The number of nitrogens with zero attached hydrogens (tertiary/aromatic N) is 2. The summed E-state index contributed by atoms with van der Waals surface area (Å²) in [7, 11) is -4.03. The van der Waals surface area contributed by atoms with Gasteiger partial charge in [-0.1, -0.05) is 59.6 Å². The molecule has 5 rings (SSSR count). The number of hydrogen-bond acceptors (Lipinski definition) is 4. The van der Waals surface area contributed by atoms with E-state index in [1.165, 1.54) is 28.6 Å². The summed E-state index contributed by atoms with van der Waals surface area (Å²) in [6, 6.07) is 21.7. The molecule has 1 aliphatic carbocycles. The van der Waals surface area contributed by atoms with Crippen LogP contribution in [-0.4, -0.2) is 27.1 Å². The summed E-state index contributed by atoms with van der Waals surface area (Å²) in [5.41, 5.74) is 7.97. The molecule has 6 nitrogen and oxygen atoms in total. The van der Waals surface area contributed by atoms with Gasteiger partial charge in [0.05, 0.1) is 16.8 Å². The molecule has 1 amide bonds. The number of halogens is 1. The Morgan fingerprint density at radius 1 is 1.00 bits per heavy atom. The smallest absolute Gasteiger partial charge is 0.264 e. The number of sulfonamides is 1. The van der Waals surface area contributed by atoms with Gasteiger partial charge in [0.2, 0.25) is 0 Å². The zero-order chi connectivity index (χ0) is 26.2. The number of aryl methyl sites for hydroxylation is 4. The van der Waals surface area contributed by atoms with Gasteiger partial charge in [0, 0.05) is 10.6 Å². The van der Waals surface area contributed by atoms with Gasteiger partial charge in [-0.15, -0.1) is 0 Å². The van der Waals surface area contributed by atoms with E-state index in [0.29, 0.717) is 16.3 Å². The molecule has 4 aromatic carbocycles. The van der Waals surface area contributed by atoms with E-state index in [-0.39, 0.29) is 4.90 Å². The van der Waals surface area contributed by atoms with Crippen molar-refractivity contribution in [2.24, 2.45) is 5.10 Å². The fourth-order valence-electron chi connectivity index (χ4n) is 4.76. The Balaban J connectivity index is 1.41. The molecule has 188 valence electrons. The highest BCUT2D eigenvalue weighted by molar-refractivity contribution is 7.92. The van der Waals surface area contributed by atoms with E-state index in [1.807, 2.05) is 19.1 Å². The number of carbonyl (C=O) groups excluding carboxylic acids is 1. The normalized spacial score (nSPS) is 12.8. The van der Waals surface area contributed by atoms with Crippen molar-refractivity contribution < 1.29 is 13.2 Å². The molecule has 0 radical (unpaired) electrons. The molecule has 0 aromatic heterocycles. The Kier molecular flexibility index (Phi) is 6.75. The molecule has 0 fully saturated rings. The maximum atomic E-state index is 13.6. The van der Waals surface area contributed by atoms with Crippen molar-refractivity contribution in [1.82, 2.24) is 5.43 Å². The van der Waals surface area contributed by atoms with Crippen molar-refractivity contribution in [3.8, 4) is 0 Å². The maximum absolute atomic E-state index is 13.6. The third kappa shape index (κ3) is 4.97. The summed E-state index contributed by atoms with van der Waals surface area (Å²) in [4.78, 5) is 13.0. The lowest BCUT2D eigenvalue weighted by Gasteiger charge is -2.25. The fourth-order valence-corrected chi connectivity index (χ4v) is 6.47. The highest BCUT2D eigenvalue weighted by Gasteiger charge is 2.28. The van der Waals surface area contributed by atoms with E-state index in [0.717, 1.165) is 33.7 Å². The van der Waals surface area contributed by atoms with Crippen molar-refractivity contribution in [2.45, 2.75) is 31.6 Å². The van der Waals surface area contributed by atoms with E-state index in [9.17, 15) is 13.2 Å². The average molecular weight is 532 g/mol. The molecule has 37 heavy (non-hydrogen) atoms. The predicted molar refractivity (Wildman–Crippen MR) is 149 cm³/mol. The molecule has 0 aliphatic heterocycles. The topological polar surface area (TPSA) is 78.8 Å². The Bertz CT molecular complexity index is 1640. The Hall–Kier alpha value is -3.68. The molecule has 0 atom stereocenters. The summed E-state index contributed by atoms with van der Waals surface area (Å²) in [6.07, 6.45) is 3.66. The molecule has 1 N–H and O–H groups in total. The number of hydrazone groups is 1. The van der Waals surface area contributed by atoms with Gasteiger partial charge in [-0.3, -0.25) is 9.10 Å². The standard InChI is InChI=1S/C29H26ClN3O3S/c1-19-6-13-25(14-7-19)37(35,36)33(27-15-12-24(30)16-20(27)2)18-28(34)32-31-17-23-11-10-22-9-8-21-4-3-5-26(23)29(21)22/h3-7,10-17H,8-9,18H2,1-2H3,(H,32,34)/b31-17-. The second-order valence-electron chi connectivity index (χ2n) is 9.20. The van der Waals surface area contributed by atoms with Crippen LogP contribution in [-0.2, 0) is 27.7 Å². The van der Waals surface area contributed by atoms with Crippen molar-refractivity contribution in [3.63, 3.8) is 0 Å². The number of amides is 1. The number of rotatable bonds is 7. The SMILES string of the molecule is Cc1ccc(S(=O)(=O)N(CC(=O)N/N=C\c2ccc3c4c(cccc24)CC3)c2ccc(Cl)cc2C)cc1. The Labute approximate surface area is 221 Å². The van der Waals surface area contributed by atoms with Crippen LogP contribution in [0.4, 0.5) is 5.69 Å². The lowest BCUT2D eigenvalue weighted by molar-refractivity contribution is -0.119. The minimum Gasteiger partial charge on any atom is -0.271 e. The van der Waals surface area contributed by atoms with Gasteiger partial charge in [0.1, 0.15) is 6.54 Å². The molecule has 0 saturated heterocycles. The van der Waals surface area contributed by atoms with Crippen LogP contribution in [0.1, 0.15) is 27.8 Å². The van der Waals surface area contributed by atoms with Crippen LogP contribution in [0.25, 0.3) is 10.8 Å². The largest absolute Gasteiger partial charge is 0.271 e. The lowest BCUT2D eigenvalue weighted by Crippen LogP contribution is -2.40. The molecular formula is C29H26ClN3O3S. The monoisotopic (exact) mass is 531 g/mol. The number of anilines is 1. The highest BCUT2D eigenvalue weighted by Crippen LogP contribution is 2.32. The van der Waals surface area contributed by atoms with Gasteiger partial charge in [0.15, 0.2) is 0 Å². The Morgan fingerprint density at radius 3 is 2.46 bits per heavy atom. The first-order chi connectivity index (χ1) is 17.7. The molecule has 0 spiro atoms. The Morgan fingerprint density at radius 2 is 1.73 bits per heavy atom. The van der Waals surface area contributed by atoms with Crippen molar-refractivity contribution in [1.29, 1.82) is 0 Å². The van der Waals surface area contributed by atoms with E-state index < -0.39 is 22.5 Å². The molecular weight excluding hydrogens is 506 g/mol. The van der Waals surface area contributed by atoms with Gasteiger partial charge in [-0.2, -0.15) is 5.10 Å². The van der Waals surface area contributed by atoms with Crippen LogP contribution in [0, 0.1) is 13.8 Å². The number of nitrogens with one attached hydrogen (secondary N) is 1. The van der Waals surface area contributed by atoms with Crippen molar-refractivity contribution in [3.05, 3.63) is 106 Å². The zero-order valence-corrected chi connectivity index (χ0v) is 22.1. The third-order valence-electron chi connectivity index (χ3n) is 6.63. The summed E-state index contributed by atoms with van der Waals surface area (Å²) >= 11 is 6.10. The van der Waals surface area contributed by atoms with E-state index in [1.54, 1.807) is 43.5 Å². The van der Waals surface area contributed by atoms with E-state index in [4.69, 9.17) is 11.6 Å². The van der Waals surface area contributed by atoms with Crippen LogP contribution in [0.2, 0.25) is 5.02 Å². The van der Waals surface area contributed by atoms with Gasteiger partial charge in [-0.25, -0.2) is 13.8 Å². The number of hydrogen-bond donors (Lipinski definition) is 1. The molecule has 8 heteroatoms. The van der Waals surface area contributed by atoms with Gasteiger partial charge in [0.25, 0.3) is 15.9 Å². The number of benzene rings is 4. The first-order valence-corrected chi connectivity index (χ1v) is 13.8. The quantitative estimate of drug-likeness (QED) is 0.251. The second kappa shape index (κ2) is 10.00. The lowest BCUT2D eigenvalue weighted by atomic mass is 10.0. The molecule has 1 aliphatic rings. The minimum absolute atomic E-state index is 0.0941. The molecule has 0 bridgehead atoms. The van der Waals surface area contributed by atoms with Crippen LogP contribution in [0.5, 0.6) is 0 Å². The van der Waals surface area contributed by atoms with Crippen LogP contribution >= 0.6 is 11.6 Å². The average Bonchev–Trinajstić information content (AvgIpc) is 3.29. The van der Waals surface area contributed by atoms with Gasteiger partial charge in [-0.05, 0) is 84.5 Å². The minimum atomic E-state index is -4.03. The molecule has 0 heterocycles. The number of carbonyl (C=O) groups is 1. The van der Waals surface area contributed by atoms with Crippen molar-refractivity contribution >= 4 is 50.2 Å². The highest BCUT2D eigenvalue weighted by atomic mass is 35.5. The van der Waals surface area contributed by atoms with Gasteiger partial charge < -0.3 is 0 Å². The zero-order valence-electron chi connectivity index (χ0n) is 20.5. The summed E-state index contributed by atoms with van der Waals surface area (Å²) in [5.74, 6) is -0.563. The van der Waals surface area contributed by atoms with Crippen LogP contribution < -0.4 is 9.73 Å². The van der Waals surface area contributed by atoms with Crippen LogP contribution in [0.3, 0.4) is 0 Å². The van der Waals surface area contributed by atoms with E-state index in [2.05, 4.69) is 28.7 Å². The van der Waals surface area contributed by atoms with Gasteiger partial charge >= 0.3 is 0 Å². The van der Waals surface area contributed by atoms with Crippen molar-refractivity contribution in [2.75, 3.05) is 10.8 Å². The first kappa shape index (κ1) is 25.0. The first-order valence-electron chi connectivity index (χ1n) is 11.9. The van der Waals surface area contributed by atoms with E-state index >= 15 is 0 Å². The molecule has 0 saturated carbocycles. The predicted octanol–water partition coefficient (Wildman–Crippen LogP) is 5.55. The molecule has 4 aromatic rings. The summed E-state index contributed by atoms with van der Waals surface area (Å²) in [6.45, 7) is 3.19. The fraction of sp³-hybridized carbons (Fsp3) is 0.172. The second-order valence-corrected chi connectivity index (χ2v) is 11.5. The summed E-state index contributed by atoms with van der Waals surface area (Å²) < 4.78 is 28.3. The maximum Gasteiger partial charge on any atom is 0.264 e. The third-order valence-corrected chi connectivity index (χ3v) is 8.64. The summed E-state index contributed by atoms with van der Waals surface area (Å²) in [5, 5.41) is 6.98. The molecule has 0 unspecified atom stereocenters.